The van der Waals surface area contributed by atoms with Gasteiger partial charge in [0.2, 0.25) is 5.91 Å². The van der Waals surface area contributed by atoms with Crippen LogP contribution in [0.2, 0.25) is 0 Å². The molecule has 68 valence electrons. The first-order valence-corrected chi connectivity index (χ1v) is 4.95. The number of rotatable bonds is 0. The van der Waals surface area contributed by atoms with Crippen molar-refractivity contribution in [2.75, 3.05) is 5.32 Å². The van der Waals surface area contributed by atoms with Crippen LogP contribution in [0.5, 0.6) is 0 Å². The van der Waals surface area contributed by atoms with Crippen molar-refractivity contribution in [3.63, 3.8) is 0 Å². The minimum Gasteiger partial charge on any atom is -0.325 e. The largest absolute Gasteiger partial charge is 0.325 e. The summed E-state index contributed by atoms with van der Waals surface area (Å²) in [7, 11) is 0. The molecule has 2 rings (SSSR count). The number of carbonyl (C=O) groups is 1. The van der Waals surface area contributed by atoms with Gasteiger partial charge in [0.1, 0.15) is 0 Å². The molecular formula is C9H10N2OS. The van der Waals surface area contributed by atoms with E-state index in [-0.39, 0.29) is 11.3 Å². The van der Waals surface area contributed by atoms with E-state index in [9.17, 15) is 4.79 Å². The van der Waals surface area contributed by atoms with E-state index in [1.54, 1.807) is 0 Å². The molecule has 1 atom stereocenters. The zero-order valence-electron chi connectivity index (χ0n) is 6.99. The van der Waals surface area contributed by atoms with Gasteiger partial charge in [0, 0.05) is 4.90 Å². The van der Waals surface area contributed by atoms with Crippen LogP contribution in [0.15, 0.2) is 29.2 Å². The van der Waals surface area contributed by atoms with E-state index in [0.29, 0.717) is 6.42 Å². The lowest BCUT2D eigenvalue weighted by Gasteiger charge is -2.05. The predicted octanol–water partition coefficient (Wildman–Crippen LogP) is 1.41. The number of nitrogens with two attached hydrogens (primary N) is 1. The van der Waals surface area contributed by atoms with Crippen LogP contribution in [0.3, 0.4) is 0 Å². The normalized spacial score (nSPS) is 21.6. The van der Waals surface area contributed by atoms with E-state index in [0.717, 1.165) is 10.6 Å². The summed E-state index contributed by atoms with van der Waals surface area (Å²) in [5, 5.41) is 2.68. The van der Waals surface area contributed by atoms with Gasteiger partial charge in [0.05, 0.1) is 17.5 Å². The fourth-order valence-electron chi connectivity index (χ4n) is 1.26. The highest BCUT2D eigenvalue weighted by Gasteiger charge is 2.18. The first-order chi connectivity index (χ1) is 6.25. The summed E-state index contributed by atoms with van der Waals surface area (Å²) >= 11 is 1.53. The van der Waals surface area contributed by atoms with E-state index < -0.39 is 0 Å². The Morgan fingerprint density at radius 3 is 3.08 bits per heavy atom. The van der Waals surface area contributed by atoms with Crippen LogP contribution in [0.25, 0.3) is 0 Å². The van der Waals surface area contributed by atoms with Crippen LogP contribution in [0.1, 0.15) is 6.42 Å². The number of carbonyl (C=O) groups excluding carboxylic acids is 1. The van der Waals surface area contributed by atoms with Crippen LogP contribution in [-0.4, -0.2) is 11.3 Å². The van der Waals surface area contributed by atoms with E-state index in [1.165, 1.54) is 11.8 Å². The standard InChI is InChI=1S/C9H10N2OS/c10-8-5-9(12)11-6-3-1-2-4-7(6)13-8/h1-4,8H,5,10H2,(H,11,12). The molecule has 1 unspecified atom stereocenters. The number of hydrogen-bond donors (Lipinski definition) is 2. The third kappa shape index (κ3) is 1.84. The summed E-state index contributed by atoms with van der Waals surface area (Å²) in [6.45, 7) is 0. The Morgan fingerprint density at radius 2 is 2.23 bits per heavy atom. The second-order valence-electron chi connectivity index (χ2n) is 2.90. The minimum atomic E-state index is -0.136. The summed E-state index contributed by atoms with van der Waals surface area (Å²) in [5.74, 6) is -0.00931. The average molecular weight is 194 g/mol. The van der Waals surface area contributed by atoms with Gasteiger partial charge in [-0.15, -0.1) is 11.8 Å². The molecule has 0 aliphatic carbocycles. The van der Waals surface area contributed by atoms with Crippen LogP contribution in [0.4, 0.5) is 5.69 Å². The summed E-state index contributed by atoms with van der Waals surface area (Å²) in [6, 6.07) is 7.69. The highest BCUT2D eigenvalue weighted by atomic mass is 32.2. The molecule has 1 aliphatic rings. The van der Waals surface area contributed by atoms with E-state index in [2.05, 4.69) is 5.32 Å². The second-order valence-corrected chi connectivity index (χ2v) is 4.19. The van der Waals surface area contributed by atoms with Crippen molar-refractivity contribution in [1.82, 2.24) is 0 Å². The summed E-state index contributed by atoms with van der Waals surface area (Å²) in [5.41, 5.74) is 6.61. The molecule has 0 bridgehead atoms. The number of amides is 1. The van der Waals surface area contributed by atoms with Crippen LogP contribution in [0, 0.1) is 0 Å². The molecule has 1 aromatic rings. The zero-order valence-corrected chi connectivity index (χ0v) is 7.80. The average Bonchev–Trinajstić information content (AvgIpc) is 2.20. The maximum Gasteiger partial charge on any atom is 0.226 e. The number of anilines is 1. The zero-order chi connectivity index (χ0) is 9.26. The van der Waals surface area contributed by atoms with Crippen molar-refractivity contribution in [2.45, 2.75) is 16.7 Å². The Morgan fingerprint density at radius 1 is 1.46 bits per heavy atom. The molecule has 0 aromatic heterocycles. The smallest absolute Gasteiger partial charge is 0.226 e. The highest BCUT2D eigenvalue weighted by molar-refractivity contribution is 8.00. The molecule has 1 amide bonds. The van der Waals surface area contributed by atoms with Crippen LogP contribution in [-0.2, 0) is 4.79 Å². The van der Waals surface area contributed by atoms with E-state index in [4.69, 9.17) is 5.73 Å². The number of fused-ring (bicyclic) bond motifs is 1. The van der Waals surface area contributed by atoms with Gasteiger partial charge in [-0.05, 0) is 12.1 Å². The lowest BCUT2D eigenvalue weighted by Crippen LogP contribution is -2.21. The Balaban J connectivity index is 2.38. The summed E-state index contributed by atoms with van der Waals surface area (Å²) in [4.78, 5) is 12.3. The van der Waals surface area contributed by atoms with Gasteiger partial charge in [0.15, 0.2) is 0 Å². The molecule has 1 heterocycles. The van der Waals surface area contributed by atoms with Gasteiger partial charge in [-0.1, -0.05) is 12.1 Å². The molecular weight excluding hydrogens is 184 g/mol. The van der Waals surface area contributed by atoms with Crippen LogP contribution < -0.4 is 11.1 Å². The predicted molar refractivity (Wildman–Crippen MR) is 53.5 cm³/mol. The molecule has 4 heteroatoms. The Kier molecular flexibility index (Phi) is 2.24. The van der Waals surface area contributed by atoms with E-state index >= 15 is 0 Å². The van der Waals surface area contributed by atoms with Gasteiger partial charge in [0.25, 0.3) is 0 Å². The maximum atomic E-state index is 11.3. The quantitative estimate of drug-likeness (QED) is 0.656. The Labute approximate surface area is 80.7 Å². The van der Waals surface area contributed by atoms with Gasteiger partial charge in [-0.25, -0.2) is 0 Å². The molecule has 0 spiro atoms. The van der Waals surface area contributed by atoms with Crippen molar-refractivity contribution in [1.29, 1.82) is 0 Å². The lowest BCUT2D eigenvalue weighted by molar-refractivity contribution is -0.116. The molecule has 0 fully saturated rings. The van der Waals surface area contributed by atoms with Gasteiger partial charge in [-0.2, -0.15) is 0 Å². The fourth-order valence-corrected chi connectivity index (χ4v) is 2.23. The van der Waals surface area contributed by atoms with Gasteiger partial charge < -0.3 is 11.1 Å². The van der Waals surface area contributed by atoms with Gasteiger partial charge >= 0.3 is 0 Å². The van der Waals surface area contributed by atoms with Crippen molar-refractivity contribution in [3.8, 4) is 0 Å². The highest BCUT2D eigenvalue weighted by Crippen LogP contribution is 2.32. The minimum absolute atomic E-state index is 0.00931. The number of hydrogen-bond acceptors (Lipinski definition) is 3. The fraction of sp³-hybridized carbons (Fsp3) is 0.222. The molecule has 3 nitrogen and oxygen atoms in total. The van der Waals surface area contributed by atoms with Gasteiger partial charge in [-0.3, -0.25) is 4.79 Å². The third-order valence-corrected chi connectivity index (χ3v) is 2.91. The van der Waals surface area contributed by atoms with Crippen LogP contribution >= 0.6 is 11.8 Å². The molecule has 0 saturated carbocycles. The molecule has 1 aliphatic heterocycles. The second kappa shape index (κ2) is 3.40. The molecule has 3 N–H and O–H groups in total. The third-order valence-electron chi connectivity index (χ3n) is 1.83. The number of para-hydroxylation sites is 1. The topological polar surface area (TPSA) is 55.1 Å². The maximum absolute atomic E-state index is 11.3. The number of benzene rings is 1. The molecule has 0 radical (unpaired) electrons. The van der Waals surface area contributed by atoms with Crippen molar-refractivity contribution in [2.24, 2.45) is 5.73 Å². The summed E-state index contributed by atoms with van der Waals surface area (Å²) in [6.07, 6.45) is 0.374. The van der Waals surface area contributed by atoms with Crippen molar-refractivity contribution >= 4 is 23.4 Å². The van der Waals surface area contributed by atoms with E-state index in [1.807, 2.05) is 24.3 Å². The number of nitrogens with one attached hydrogen (secondary N) is 1. The number of thioether (sulfide) groups is 1. The summed E-state index contributed by atoms with van der Waals surface area (Å²) < 4.78 is 0. The molecule has 0 saturated heterocycles. The molecule has 1 aromatic carbocycles. The lowest BCUT2D eigenvalue weighted by atomic mass is 10.3. The monoisotopic (exact) mass is 194 g/mol. The first-order valence-electron chi connectivity index (χ1n) is 4.07. The van der Waals surface area contributed by atoms with Crippen molar-refractivity contribution in [3.05, 3.63) is 24.3 Å². The Bertz CT molecular complexity index is 340. The van der Waals surface area contributed by atoms with Crippen molar-refractivity contribution < 1.29 is 4.79 Å². The molecule has 13 heavy (non-hydrogen) atoms. The first kappa shape index (κ1) is 8.59. The SMILES string of the molecule is NC1CC(=O)Nc2ccccc2S1. The Hall–Kier alpha value is -1.00.